The quantitative estimate of drug-likeness (QED) is 0.808. The molecule has 0 amide bonds. The number of anilines is 1. The second kappa shape index (κ2) is 8.43. The Morgan fingerprint density at radius 3 is 2.76 bits per heavy atom. The maximum Gasteiger partial charge on any atom is 0.132 e. The lowest BCUT2D eigenvalue weighted by Crippen LogP contribution is -2.31. The zero-order chi connectivity index (χ0) is 17.6. The van der Waals surface area contributed by atoms with Gasteiger partial charge in [0.25, 0.3) is 0 Å². The lowest BCUT2D eigenvalue weighted by molar-refractivity contribution is 0.285. The van der Waals surface area contributed by atoms with Gasteiger partial charge in [-0.3, -0.25) is 9.58 Å². The van der Waals surface area contributed by atoms with Crippen LogP contribution in [0.3, 0.4) is 0 Å². The number of hydrogen-bond acceptors (Lipinski definition) is 5. The summed E-state index contributed by atoms with van der Waals surface area (Å²) in [5.74, 6) is 1.96. The molecule has 0 aliphatic carbocycles. The Kier molecular flexibility index (Phi) is 6.02. The van der Waals surface area contributed by atoms with Gasteiger partial charge in [-0.15, -0.1) is 0 Å². The Balaban J connectivity index is 1.61. The molecule has 2 aromatic heterocycles. The van der Waals surface area contributed by atoms with E-state index in [2.05, 4.69) is 55.7 Å². The molecule has 0 N–H and O–H groups in total. The summed E-state index contributed by atoms with van der Waals surface area (Å²) >= 11 is 0. The Bertz CT molecular complexity index is 680. The van der Waals surface area contributed by atoms with Crippen molar-refractivity contribution in [1.82, 2.24) is 24.6 Å². The first-order valence-corrected chi connectivity index (χ1v) is 9.51. The molecule has 3 rings (SSSR count). The van der Waals surface area contributed by atoms with Crippen molar-refractivity contribution in [3.8, 4) is 0 Å². The summed E-state index contributed by atoms with van der Waals surface area (Å²) < 4.78 is 2.05. The van der Waals surface area contributed by atoms with E-state index in [4.69, 9.17) is 0 Å². The van der Waals surface area contributed by atoms with Gasteiger partial charge in [0.2, 0.25) is 0 Å². The van der Waals surface area contributed by atoms with Crippen LogP contribution in [0, 0.1) is 6.92 Å². The molecule has 6 nitrogen and oxygen atoms in total. The van der Waals surface area contributed by atoms with Gasteiger partial charge in [0.1, 0.15) is 11.6 Å². The van der Waals surface area contributed by atoms with E-state index in [1.807, 2.05) is 13.1 Å². The summed E-state index contributed by atoms with van der Waals surface area (Å²) in [5.41, 5.74) is 2.44. The lowest BCUT2D eigenvalue weighted by Gasteiger charge is -2.23. The molecule has 0 saturated carbocycles. The summed E-state index contributed by atoms with van der Waals surface area (Å²) in [7, 11) is 0. The average molecular weight is 342 g/mol. The summed E-state index contributed by atoms with van der Waals surface area (Å²) in [6.07, 6.45) is 7.44. The maximum atomic E-state index is 4.66. The predicted molar refractivity (Wildman–Crippen MR) is 101 cm³/mol. The van der Waals surface area contributed by atoms with Crippen LogP contribution in [0.5, 0.6) is 0 Å². The summed E-state index contributed by atoms with van der Waals surface area (Å²) in [5, 5.41) is 4.45. The monoisotopic (exact) mass is 342 g/mol. The van der Waals surface area contributed by atoms with Crippen molar-refractivity contribution in [3.05, 3.63) is 35.5 Å². The van der Waals surface area contributed by atoms with Crippen LogP contribution in [0.15, 0.2) is 18.5 Å². The second-order valence-electron chi connectivity index (χ2n) is 6.85. The van der Waals surface area contributed by atoms with Gasteiger partial charge in [0, 0.05) is 62.8 Å². The molecule has 25 heavy (non-hydrogen) atoms. The predicted octanol–water partition coefficient (Wildman–Crippen LogP) is 2.67. The van der Waals surface area contributed by atoms with Crippen LogP contribution in [0.4, 0.5) is 5.82 Å². The van der Waals surface area contributed by atoms with E-state index in [9.17, 15) is 0 Å². The Hall–Kier alpha value is -1.95. The number of nitrogens with zero attached hydrogens (tertiary/aromatic N) is 6. The van der Waals surface area contributed by atoms with Crippen LogP contribution < -0.4 is 4.90 Å². The Morgan fingerprint density at radius 1 is 1.08 bits per heavy atom. The molecule has 0 bridgehead atoms. The average Bonchev–Trinajstić information content (AvgIpc) is 2.90. The molecule has 0 atom stereocenters. The van der Waals surface area contributed by atoms with Crippen LogP contribution in [0.25, 0.3) is 0 Å². The van der Waals surface area contributed by atoms with E-state index >= 15 is 0 Å². The molecule has 0 spiro atoms. The molecule has 0 aromatic carbocycles. The molecule has 136 valence electrons. The van der Waals surface area contributed by atoms with Gasteiger partial charge < -0.3 is 4.90 Å². The highest BCUT2D eigenvalue weighted by atomic mass is 15.3. The smallest absolute Gasteiger partial charge is 0.132 e. The van der Waals surface area contributed by atoms with Gasteiger partial charge in [-0.1, -0.05) is 13.8 Å². The van der Waals surface area contributed by atoms with E-state index in [0.717, 1.165) is 75.9 Å². The third-order valence-corrected chi connectivity index (χ3v) is 4.70. The summed E-state index contributed by atoms with van der Waals surface area (Å²) in [6, 6.07) is 2.15. The fourth-order valence-corrected chi connectivity index (χ4v) is 3.41. The third kappa shape index (κ3) is 4.78. The molecule has 0 unspecified atom stereocenters. The fourth-order valence-electron chi connectivity index (χ4n) is 3.41. The zero-order valence-electron chi connectivity index (χ0n) is 15.8. The normalized spacial score (nSPS) is 16.2. The Labute approximate surface area is 150 Å². The SMILES string of the molecule is CCCn1cc(CN2CCCN(c3cc(CC)nc(C)n3)CC2)cn1. The van der Waals surface area contributed by atoms with E-state index in [1.165, 1.54) is 5.56 Å². The van der Waals surface area contributed by atoms with Crippen LogP contribution in [0.1, 0.15) is 43.8 Å². The third-order valence-electron chi connectivity index (χ3n) is 4.70. The van der Waals surface area contributed by atoms with E-state index in [1.54, 1.807) is 0 Å². The lowest BCUT2D eigenvalue weighted by atomic mass is 10.3. The minimum absolute atomic E-state index is 0.874. The van der Waals surface area contributed by atoms with Crippen LogP contribution in [-0.2, 0) is 19.5 Å². The van der Waals surface area contributed by atoms with E-state index in [-0.39, 0.29) is 0 Å². The van der Waals surface area contributed by atoms with Crippen molar-refractivity contribution in [3.63, 3.8) is 0 Å². The summed E-state index contributed by atoms with van der Waals surface area (Å²) in [6.45, 7) is 12.6. The molecular weight excluding hydrogens is 312 g/mol. The van der Waals surface area contributed by atoms with E-state index < -0.39 is 0 Å². The molecule has 1 aliphatic heterocycles. The number of rotatable bonds is 6. The first kappa shape index (κ1) is 17.9. The van der Waals surface area contributed by atoms with Gasteiger partial charge in [-0.25, -0.2) is 9.97 Å². The van der Waals surface area contributed by atoms with Gasteiger partial charge in [-0.2, -0.15) is 5.10 Å². The first-order chi connectivity index (χ1) is 12.2. The van der Waals surface area contributed by atoms with Gasteiger partial charge in [0.15, 0.2) is 0 Å². The minimum atomic E-state index is 0.874. The van der Waals surface area contributed by atoms with Crippen LogP contribution in [-0.4, -0.2) is 50.8 Å². The van der Waals surface area contributed by atoms with E-state index in [0.29, 0.717) is 0 Å². The van der Waals surface area contributed by atoms with Crippen LogP contribution in [0.2, 0.25) is 0 Å². The van der Waals surface area contributed by atoms with Crippen molar-refractivity contribution in [2.24, 2.45) is 0 Å². The van der Waals surface area contributed by atoms with Crippen LogP contribution >= 0.6 is 0 Å². The summed E-state index contributed by atoms with van der Waals surface area (Å²) in [4.78, 5) is 14.1. The number of aryl methyl sites for hydroxylation is 3. The zero-order valence-corrected chi connectivity index (χ0v) is 15.8. The van der Waals surface area contributed by atoms with Crippen molar-refractivity contribution in [2.75, 3.05) is 31.1 Å². The maximum absolute atomic E-state index is 4.66. The Morgan fingerprint density at radius 2 is 1.96 bits per heavy atom. The molecule has 6 heteroatoms. The molecule has 2 aromatic rings. The highest BCUT2D eigenvalue weighted by Crippen LogP contribution is 2.17. The van der Waals surface area contributed by atoms with Gasteiger partial charge >= 0.3 is 0 Å². The van der Waals surface area contributed by atoms with Crippen molar-refractivity contribution >= 4 is 5.82 Å². The van der Waals surface area contributed by atoms with Crippen molar-refractivity contribution < 1.29 is 0 Å². The second-order valence-corrected chi connectivity index (χ2v) is 6.85. The highest BCUT2D eigenvalue weighted by Gasteiger charge is 2.17. The first-order valence-electron chi connectivity index (χ1n) is 9.51. The van der Waals surface area contributed by atoms with Crippen molar-refractivity contribution in [1.29, 1.82) is 0 Å². The molecule has 1 saturated heterocycles. The number of aromatic nitrogens is 4. The topological polar surface area (TPSA) is 50.1 Å². The van der Waals surface area contributed by atoms with Crippen molar-refractivity contribution in [2.45, 2.75) is 53.1 Å². The van der Waals surface area contributed by atoms with Gasteiger partial charge in [0.05, 0.1) is 6.20 Å². The number of hydrogen-bond donors (Lipinski definition) is 0. The molecule has 1 fully saturated rings. The highest BCUT2D eigenvalue weighted by molar-refractivity contribution is 5.40. The standard InChI is InChI=1S/C19H30N6/c1-4-7-25-15-17(13-20-25)14-23-8-6-9-24(11-10-23)19-12-18(5-2)21-16(3)22-19/h12-13,15H,4-11,14H2,1-3H3. The molecule has 3 heterocycles. The minimum Gasteiger partial charge on any atom is -0.355 e. The fraction of sp³-hybridized carbons (Fsp3) is 0.632. The molecule has 0 radical (unpaired) electrons. The van der Waals surface area contributed by atoms with Gasteiger partial charge in [-0.05, 0) is 26.2 Å². The molecule has 1 aliphatic rings. The molecular formula is C19H30N6. The largest absolute Gasteiger partial charge is 0.355 e.